The van der Waals surface area contributed by atoms with Crippen LogP contribution in [-0.4, -0.2) is 15.0 Å². The maximum atomic E-state index is 13.6. The summed E-state index contributed by atoms with van der Waals surface area (Å²) in [6, 6.07) is 10.4. The smallest absolute Gasteiger partial charge is 0.141 e. The van der Waals surface area contributed by atoms with Gasteiger partial charge in [-0.2, -0.15) is 5.26 Å². The molecule has 0 aliphatic carbocycles. The molecular formula is C24H21BrClFN6. The predicted molar refractivity (Wildman–Crippen MR) is 133 cm³/mol. The van der Waals surface area contributed by atoms with Gasteiger partial charge in [0.05, 0.1) is 40.2 Å². The average Bonchev–Trinajstić information content (AvgIpc) is 3.27. The summed E-state index contributed by atoms with van der Waals surface area (Å²) in [6.07, 6.45) is 6.51. The number of nitriles is 1. The first kappa shape index (κ1) is 23.0. The lowest BCUT2D eigenvalue weighted by atomic mass is 10.1. The Labute approximate surface area is 204 Å². The molecular weight excluding hydrogens is 507 g/mol. The number of H-pyrrole nitrogens is 1. The number of rotatable bonds is 8. The first-order valence-corrected chi connectivity index (χ1v) is 11.7. The van der Waals surface area contributed by atoms with Crippen LogP contribution in [0.5, 0.6) is 0 Å². The van der Waals surface area contributed by atoms with E-state index in [2.05, 4.69) is 54.5 Å². The van der Waals surface area contributed by atoms with E-state index in [9.17, 15) is 9.65 Å². The maximum Gasteiger partial charge on any atom is 0.141 e. The van der Waals surface area contributed by atoms with Gasteiger partial charge < -0.3 is 15.6 Å². The molecule has 0 saturated heterocycles. The number of benzene rings is 2. The molecule has 2 heterocycles. The zero-order valence-corrected chi connectivity index (χ0v) is 20.2. The van der Waals surface area contributed by atoms with Gasteiger partial charge >= 0.3 is 0 Å². The molecule has 6 nitrogen and oxygen atoms in total. The zero-order chi connectivity index (χ0) is 23.4. The largest absolute Gasteiger partial charge is 0.379 e. The third-order valence-corrected chi connectivity index (χ3v) is 6.06. The standard InChI is InChI=1S/C24H21BrClFN6/c1-2-3-4-22-30-13-17(32-22)12-29-16-7-18-23(33-15-5-6-21(27)20(26)9-15)14(10-28)11-31-24(18)19(25)8-16/h5-9,11,13,29H,2-4,12H2,1H3,(H,30,32)(H,31,33). The number of halogens is 3. The fourth-order valence-corrected chi connectivity index (χ4v) is 4.21. The second kappa shape index (κ2) is 10.2. The first-order valence-electron chi connectivity index (χ1n) is 10.5. The molecule has 0 bridgehead atoms. The Bertz CT molecular complexity index is 1350. The van der Waals surface area contributed by atoms with Gasteiger partial charge in [0, 0.05) is 33.9 Å². The van der Waals surface area contributed by atoms with Gasteiger partial charge in [-0.1, -0.05) is 24.9 Å². The Balaban J connectivity index is 1.65. The second-order valence-corrected chi connectivity index (χ2v) is 8.84. The van der Waals surface area contributed by atoms with E-state index < -0.39 is 5.82 Å². The summed E-state index contributed by atoms with van der Waals surface area (Å²) in [5.74, 6) is 0.480. The number of hydrogen-bond acceptors (Lipinski definition) is 5. The molecule has 0 atom stereocenters. The van der Waals surface area contributed by atoms with Crippen LogP contribution in [0, 0.1) is 17.1 Å². The number of imidazole rings is 1. The van der Waals surface area contributed by atoms with Gasteiger partial charge in [-0.15, -0.1) is 0 Å². The summed E-state index contributed by atoms with van der Waals surface area (Å²) in [7, 11) is 0. The molecule has 3 N–H and O–H groups in total. The van der Waals surface area contributed by atoms with Crippen LogP contribution in [0.25, 0.3) is 10.9 Å². The zero-order valence-electron chi connectivity index (χ0n) is 17.8. The van der Waals surface area contributed by atoms with E-state index in [1.807, 2.05) is 18.3 Å². The van der Waals surface area contributed by atoms with Crippen molar-refractivity contribution in [3.63, 3.8) is 0 Å². The summed E-state index contributed by atoms with van der Waals surface area (Å²) < 4.78 is 14.4. The molecule has 0 fully saturated rings. The van der Waals surface area contributed by atoms with Gasteiger partial charge in [-0.25, -0.2) is 9.37 Å². The number of nitrogens with zero attached hydrogens (tertiary/aromatic N) is 3. The van der Waals surface area contributed by atoms with Crippen LogP contribution in [0.15, 0.2) is 47.2 Å². The van der Waals surface area contributed by atoms with Gasteiger partial charge in [0.2, 0.25) is 0 Å². The monoisotopic (exact) mass is 526 g/mol. The molecule has 4 rings (SSSR count). The van der Waals surface area contributed by atoms with E-state index in [0.29, 0.717) is 29.0 Å². The minimum Gasteiger partial charge on any atom is -0.379 e. The van der Waals surface area contributed by atoms with Crippen LogP contribution in [0.1, 0.15) is 36.8 Å². The lowest BCUT2D eigenvalue weighted by Gasteiger charge is -2.14. The van der Waals surface area contributed by atoms with Crippen molar-refractivity contribution in [2.45, 2.75) is 32.7 Å². The van der Waals surface area contributed by atoms with Gasteiger partial charge in [0.15, 0.2) is 0 Å². The van der Waals surface area contributed by atoms with E-state index in [1.54, 1.807) is 6.07 Å². The van der Waals surface area contributed by atoms with Crippen molar-refractivity contribution in [2.75, 3.05) is 10.6 Å². The number of nitrogens with one attached hydrogen (secondary N) is 3. The number of fused-ring (bicyclic) bond motifs is 1. The maximum absolute atomic E-state index is 13.6. The molecule has 0 amide bonds. The molecule has 0 unspecified atom stereocenters. The highest BCUT2D eigenvalue weighted by Gasteiger charge is 2.14. The van der Waals surface area contributed by atoms with Gasteiger partial charge in [0.25, 0.3) is 0 Å². The average molecular weight is 528 g/mol. The first-order chi connectivity index (χ1) is 16.0. The van der Waals surface area contributed by atoms with Crippen LogP contribution >= 0.6 is 27.5 Å². The Kier molecular flexibility index (Phi) is 7.11. The quantitative estimate of drug-likeness (QED) is 0.228. The molecule has 0 saturated carbocycles. The van der Waals surface area contributed by atoms with Crippen molar-refractivity contribution in [1.82, 2.24) is 15.0 Å². The van der Waals surface area contributed by atoms with Crippen LogP contribution < -0.4 is 10.6 Å². The third-order valence-electron chi connectivity index (χ3n) is 5.17. The summed E-state index contributed by atoms with van der Waals surface area (Å²) in [5.41, 5.74) is 4.02. The number of pyridine rings is 1. The number of aromatic amines is 1. The van der Waals surface area contributed by atoms with Crippen molar-refractivity contribution in [1.29, 1.82) is 5.26 Å². The molecule has 0 radical (unpaired) electrons. The molecule has 0 aliphatic heterocycles. The normalized spacial score (nSPS) is 10.9. The Morgan fingerprint density at radius 1 is 1.18 bits per heavy atom. The van der Waals surface area contributed by atoms with Gasteiger partial charge in [-0.3, -0.25) is 4.98 Å². The number of anilines is 3. The minimum atomic E-state index is -0.506. The van der Waals surface area contributed by atoms with Crippen molar-refractivity contribution >= 4 is 55.5 Å². The molecule has 168 valence electrons. The fraction of sp³-hybridized carbons (Fsp3) is 0.208. The minimum absolute atomic E-state index is 0.00160. The summed E-state index contributed by atoms with van der Waals surface area (Å²) in [4.78, 5) is 12.2. The van der Waals surface area contributed by atoms with Crippen molar-refractivity contribution in [3.05, 3.63) is 75.1 Å². The number of unbranched alkanes of at least 4 members (excludes halogenated alkanes) is 1. The highest BCUT2D eigenvalue weighted by Crippen LogP contribution is 2.35. The molecule has 33 heavy (non-hydrogen) atoms. The predicted octanol–water partition coefficient (Wildman–Crippen LogP) is 7.08. The summed E-state index contributed by atoms with van der Waals surface area (Å²) in [5, 5.41) is 17.0. The van der Waals surface area contributed by atoms with Crippen molar-refractivity contribution in [3.8, 4) is 6.07 Å². The van der Waals surface area contributed by atoms with E-state index in [-0.39, 0.29) is 5.02 Å². The molecule has 2 aromatic carbocycles. The second-order valence-electron chi connectivity index (χ2n) is 7.58. The fourth-order valence-electron chi connectivity index (χ4n) is 3.46. The Hall–Kier alpha value is -3.15. The van der Waals surface area contributed by atoms with Gasteiger partial charge in [0.1, 0.15) is 17.7 Å². The summed E-state index contributed by atoms with van der Waals surface area (Å²) in [6.45, 7) is 2.72. The molecule has 4 aromatic rings. The molecule has 2 aromatic heterocycles. The molecule has 0 aliphatic rings. The van der Waals surface area contributed by atoms with Crippen LogP contribution in [0.4, 0.5) is 21.5 Å². The lowest BCUT2D eigenvalue weighted by Crippen LogP contribution is -2.02. The lowest BCUT2D eigenvalue weighted by molar-refractivity contribution is 0.628. The van der Waals surface area contributed by atoms with Gasteiger partial charge in [-0.05, 0) is 52.7 Å². The molecule has 9 heteroatoms. The SMILES string of the molecule is CCCCc1ncc(CNc2cc(Br)c3ncc(C#N)c(Nc4ccc(F)c(Cl)c4)c3c2)[nH]1. The van der Waals surface area contributed by atoms with E-state index >= 15 is 0 Å². The van der Waals surface area contributed by atoms with Crippen LogP contribution in [0.3, 0.4) is 0 Å². The molecule has 0 spiro atoms. The summed E-state index contributed by atoms with van der Waals surface area (Å²) >= 11 is 9.52. The van der Waals surface area contributed by atoms with E-state index in [4.69, 9.17) is 11.6 Å². The van der Waals surface area contributed by atoms with Crippen molar-refractivity contribution < 1.29 is 4.39 Å². The highest BCUT2D eigenvalue weighted by molar-refractivity contribution is 9.10. The number of aryl methyl sites for hydroxylation is 1. The topological polar surface area (TPSA) is 89.4 Å². The number of aromatic nitrogens is 3. The van der Waals surface area contributed by atoms with Crippen molar-refractivity contribution in [2.24, 2.45) is 0 Å². The Morgan fingerprint density at radius 3 is 2.79 bits per heavy atom. The van der Waals surface area contributed by atoms with E-state index in [1.165, 1.54) is 18.3 Å². The van der Waals surface area contributed by atoms with Crippen LogP contribution in [-0.2, 0) is 13.0 Å². The van der Waals surface area contributed by atoms with Crippen LogP contribution in [0.2, 0.25) is 5.02 Å². The highest BCUT2D eigenvalue weighted by atomic mass is 79.9. The third kappa shape index (κ3) is 5.27. The number of hydrogen-bond donors (Lipinski definition) is 3. The Morgan fingerprint density at radius 2 is 2.03 bits per heavy atom. The van der Waals surface area contributed by atoms with E-state index in [0.717, 1.165) is 46.3 Å².